The largest absolute Gasteiger partial charge is 0.326 e. The lowest BCUT2D eigenvalue weighted by atomic mass is 10.0. The molecule has 5 heteroatoms. The van der Waals surface area contributed by atoms with E-state index in [-0.39, 0.29) is 17.5 Å². The molecule has 1 aromatic heterocycles. The fraction of sp³-hybridized carbons (Fsp3) is 0.348. The van der Waals surface area contributed by atoms with E-state index < -0.39 is 0 Å². The van der Waals surface area contributed by atoms with Gasteiger partial charge in [0.05, 0.1) is 10.9 Å². The molecule has 0 bridgehead atoms. The molecule has 28 heavy (non-hydrogen) atoms. The van der Waals surface area contributed by atoms with E-state index in [0.29, 0.717) is 35.5 Å². The van der Waals surface area contributed by atoms with Crippen LogP contribution in [-0.4, -0.2) is 15.5 Å². The summed E-state index contributed by atoms with van der Waals surface area (Å²) in [6.07, 6.45) is 2.75. The quantitative estimate of drug-likeness (QED) is 0.693. The maximum absolute atomic E-state index is 12.9. The molecule has 1 aliphatic carbocycles. The van der Waals surface area contributed by atoms with E-state index in [2.05, 4.69) is 19.2 Å². The lowest BCUT2D eigenvalue weighted by molar-refractivity contribution is -0.116. The summed E-state index contributed by atoms with van der Waals surface area (Å²) in [6.45, 7) is 4.28. The topological polar surface area (TPSA) is 64.0 Å². The van der Waals surface area contributed by atoms with Gasteiger partial charge in [0.25, 0.3) is 5.56 Å². The van der Waals surface area contributed by atoms with Gasteiger partial charge in [-0.25, -0.2) is 4.98 Å². The third-order valence-corrected chi connectivity index (χ3v) is 5.23. The number of hydrogen-bond donors (Lipinski definition) is 1. The van der Waals surface area contributed by atoms with Crippen molar-refractivity contribution >= 4 is 22.5 Å². The Hall–Kier alpha value is -2.95. The Bertz CT molecular complexity index is 1060. The standard InChI is InChI=1S/C23H25N3O2/c1-15(2)16-7-9-17(10-8-16)24-22(27)14-13-21-25-20-6-4-3-5-19(20)23(28)26(21)18-11-12-18/h3-10,15,18H,11-14H2,1-2H3,(H,24,27). The molecule has 1 fully saturated rings. The number of fused-ring (bicyclic) bond motifs is 1. The molecule has 0 atom stereocenters. The van der Waals surface area contributed by atoms with Crippen molar-refractivity contribution in [1.82, 2.24) is 9.55 Å². The molecule has 0 spiro atoms. The van der Waals surface area contributed by atoms with Crippen LogP contribution in [0.1, 0.15) is 56.5 Å². The molecule has 1 amide bonds. The molecule has 0 saturated heterocycles. The van der Waals surface area contributed by atoms with Gasteiger partial charge in [0.1, 0.15) is 5.82 Å². The molecule has 1 heterocycles. The van der Waals surface area contributed by atoms with E-state index in [9.17, 15) is 9.59 Å². The van der Waals surface area contributed by atoms with E-state index in [4.69, 9.17) is 4.98 Å². The molecule has 0 unspecified atom stereocenters. The van der Waals surface area contributed by atoms with Crippen LogP contribution in [0.3, 0.4) is 0 Å². The minimum atomic E-state index is -0.0675. The number of para-hydroxylation sites is 1. The zero-order chi connectivity index (χ0) is 19.7. The Kier molecular flexibility index (Phi) is 4.99. The molecule has 0 radical (unpaired) electrons. The van der Waals surface area contributed by atoms with Crippen molar-refractivity contribution in [2.45, 2.75) is 51.5 Å². The average molecular weight is 375 g/mol. The van der Waals surface area contributed by atoms with Gasteiger partial charge in [0, 0.05) is 24.6 Å². The van der Waals surface area contributed by atoms with Crippen LogP contribution >= 0.6 is 0 Å². The molecule has 0 aliphatic heterocycles. The summed E-state index contributed by atoms with van der Waals surface area (Å²) in [5.41, 5.74) is 2.74. The summed E-state index contributed by atoms with van der Waals surface area (Å²) in [6, 6.07) is 15.6. The Morgan fingerprint density at radius 3 is 2.54 bits per heavy atom. The van der Waals surface area contributed by atoms with Gasteiger partial charge in [0.2, 0.25) is 5.91 Å². The fourth-order valence-corrected chi connectivity index (χ4v) is 3.48. The number of aromatic nitrogens is 2. The van der Waals surface area contributed by atoms with Crippen molar-refractivity contribution in [3.63, 3.8) is 0 Å². The van der Waals surface area contributed by atoms with Crippen molar-refractivity contribution in [3.05, 3.63) is 70.3 Å². The van der Waals surface area contributed by atoms with Crippen LogP contribution in [0.25, 0.3) is 10.9 Å². The van der Waals surface area contributed by atoms with Crippen molar-refractivity contribution in [3.8, 4) is 0 Å². The molecular weight excluding hydrogens is 350 g/mol. The number of nitrogens with zero attached hydrogens (tertiary/aromatic N) is 2. The first-order valence-electron chi connectivity index (χ1n) is 9.93. The molecule has 5 nitrogen and oxygen atoms in total. The highest BCUT2D eigenvalue weighted by Gasteiger charge is 2.28. The van der Waals surface area contributed by atoms with Crippen LogP contribution in [0.5, 0.6) is 0 Å². The lowest BCUT2D eigenvalue weighted by Crippen LogP contribution is -2.25. The maximum Gasteiger partial charge on any atom is 0.261 e. The van der Waals surface area contributed by atoms with Gasteiger partial charge >= 0.3 is 0 Å². The lowest BCUT2D eigenvalue weighted by Gasteiger charge is -2.13. The Balaban J connectivity index is 1.50. The minimum Gasteiger partial charge on any atom is -0.326 e. The Labute approximate surface area is 164 Å². The molecular formula is C23H25N3O2. The summed E-state index contributed by atoms with van der Waals surface area (Å²) in [5.74, 6) is 1.10. The summed E-state index contributed by atoms with van der Waals surface area (Å²) < 4.78 is 1.80. The van der Waals surface area contributed by atoms with E-state index in [1.54, 1.807) is 4.57 Å². The van der Waals surface area contributed by atoms with Gasteiger partial charge < -0.3 is 5.32 Å². The minimum absolute atomic E-state index is 0.00721. The highest BCUT2D eigenvalue weighted by molar-refractivity contribution is 5.90. The predicted octanol–water partition coefficient (Wildman–Crippen LogP) is 4.43. The molecule has 144 valence electrons. The smallest absolute Gasteiger partial charge is 0.261 e. The Morgan fingerprint density at radius 2 is 1.86 bits per heavy atom. The SMILES string of the molecule is CC(C)c1ccc(NC(=O)CCc2nc3ccccc3c(=O)n2C2CC2)cc1. The van der Waals surface area contributed by atoms with Crippen molar-refractivity contribution < 1.29 is 4.79 Å². The van der Waals surface area contributed by atoms with Crippen LogP contribution in [0, 0.1) is 0 Å². The van der Waals surface area contributed by atoms with E-state index >= 15 is 0 Å². The second kappa shape index (κ2) is 7.58. The van der Waals surface area contributed by atoms with Crippen molar-refractivity contribution in [2.75, 3.05) is 5.32 Å². The first kappa shape index (κ1) is 18.4. The number of amides is 1. The number of benzene rings is 2. The number of carbonyl (C=O) groups is 1. The van der Waals surface area contributed by atoms with Gasteiger partial charge in [-0.1, -0.05) is 38.1 Å². The summed E-state index contributed by atoms with van der Waals surface area (Å²) in [5, 5.41) is 3.59. The zero-order valence-electron chi connectivity index (χ0n) is 16.3. The second-order valence-corrected chi connectivity index (χ2v) is 7.78. The molecule has 2 aromatic carbocycles. The number of carbonyl (C=O) groups excluding carboxylic acids is 1. The molecule has 4 rings (SSSR count). The van der Waals surface area contributed by atoms with Crippen molar-refractivity contribution in [2.24, 2.45) is 0 Å². The third-order valence-electron chi connectivity index (χ3n) is 5.23. The summed E-state index contributed by atoms with van der Waals surface area (Å²) in [4.78, 5) is 30.0. The first-order chi connectivity index (χ1) is 13.5. The van der Waals surface area contributed by atoms with Gasteiger partial charge in [-0.15, -0.1) is 0 Å². The molecule has 1 N–H and O–H groups in total. The normalized spacial score (nSPS) is 13.8. The van der Waals surface area contributed by atoms with E-state index in [0.717, 1.165) is 18.5 Å². The van der Waals surface area contributed by atoms with Gasteiger partial charge in [-0.3, -0.25) is 14.2 Å². The highest BCUT2D eigenvalue weighted by atomic mass is 16.1. The third kappa shape index (κ3) is 3.84. The zero-order valence-corrected chi connectivity index (χ0v) is 16.3. The van der Waals surface area contributed by atoms with Crippen molar-refractivity contribution in [1.29, 1.82) is 0 Å². The van der Waals surface area contributed by atoms with Gasteiger partial charge in [0.15, 0.2) is 0 Å². The van der Waals surface area contributed by atoms with E-state index in [1.807, 2.05) is 48.5 Å². The molecule has 1 aliphatic rings. The predicted molar refractivity (Wildman–Crippen MR) is 112 cm³/mol. The summed E-state index contributed by atoms with van der Waals surface area (Å²) in [7, 11) is 0. The highest BCUT2D eigenvalue weighted by Crippen LogP contribution is 2.34. The summed E-state index contributed by atoms with van der Waals surface area (Å²) >= 11 is 0. The molecule has 1 saturated carbocycles. The van der Waals surface area contributed by atoms with Crippen LogP contribution < -0.4 is 10.9 Å². The second-order valence-electron chi connectivity index (χ2n) is 7.78. The number of rotatable bonds is 6. The number of nitrogens with one attached hydrogen (secondary N) is 1. The van der Waals surface area contributed by atoms with Crippen LogP contribution in [0.2, 0.25) is 0 Å². The van der Waals surface area contributed by atoms with E-state index in [1.165, 1.54) is 5.56 Å². The number of anilines is 1. The molecule has 3 aromatic rings. The van der Waals surface area contributed by atoms with Crippen LogP contribution in [0.4, 0.5) is 5.69 Å². The average Bonchev–Trinajstić information content (AvgIpc) is 3.52. The number of aryl methyl sites for hydroxylation is 1. The van der Waals surface area contributed by atoms with Crippen LogP contribution in [0.15, 0.2) is 53.3 Å². The van der Waals surface area contributed by atoms with Crippen LogP contribution in [-0.2, 0) is 11.2 Å². The van der Waals surface area contributed by atoms with Gasteiger partial charge in [-0.2, -0.15) is 0 Å². The number of hydrogen-bond acceptors (Lipinski definition) is 3. The Morgan fingerprint density at radius 1 is 1.14 bits per heavy atom. The monoisotopic (exact) mass is 375 g/mol. The maximum atomic E-state index is 12.9. The van der Waals surface area contributed by atoms with Gasteiger partial charge in [-0.05, 0) is 48.6 Å². The first-order valence-corrected chi connectivity index (χ1v) is 9.93. The fourth-order valence-electron chi connectivity index (χ4n) is 3.48.